The Hall–Kier alpha value is -8.51. The number of aryl methyl sites for hydroxylation is 3. The molecule has 0 unspecified atom stereocenters. The van der Waals surface area contributed by atoms with Crippen LogP contribution in [0, 0.1) is 42.6 Å². The van der Waals surface area contributed by atoms with Crippen molar-refractivity contribution in [1.82, 2.24) is 15.0 Å². The van der Waals surface area contributed by atoms with Crippen molar-refractivity contribution >= 4 is 46.6 Å². The fourth-order valence-corrected chi connectivity index (χ4v) is 6.23. The molecule has 0 spiro atoms. The van der Waals surface area contributed by atoms with Crippen LogP contribution in [0.1, 0.15) is 34.2 Å². The summed E-state index contributed by atoms with van der Waals surface area (Å²) in [6.45, 7) is 3.83. The number of hydrogen-bond acceptors (Lipinski definition) is 10. The number of nitrogens with zero attached hydrogens (tertiary/aromatic N) is 4. The van der Waals surface area contributed by atoms with Gasteiger partial charge in [-0.25, -0.2) is 23.1 Å². The van der Waals surface area contributed by atoms with Crippen LogP contribution in [0.15, 0.2) is 149 Å². The third-order valence-electron chi connectivity index (χ3n) is 9.72. The van der Waals surface area contributed by atoms with Gasteiger partial charge in [0, 0.05) is 58.8 Å². The first-order chi connectivity index (χ1) is 31.0. The van der Waals surface area contributed by atoms with Crippen molar-refractivity contribution in [1.29, 1.82) is 5.26 Å². The molecule has 8 aromatic rings. The zero-order valence-corrected chi connectivity index (χ0v) is 34.5. The number of carbonyl (C=O) groups excluding carboxylic acids is 2. The molecule has 4 N–H and O–H groups in total. The summed E-state index contributed by atoms with van der Waals surface area (Å²) >= 11 is 0. The van der Waals surface area contributed by atoms with Crippen LogP contribution in [0.4, 0.5) is 48.0 Å². The van der Waals surface area contributed by atoms with Crippen molar-refractivity contribution in [3.63, 3.8) is 0 Å². The van der Waals surface area contributed by atoms with Crippen molar-refractivity contribution in [2.24, 2.45) is 0 Å². The van der Waals surface area contributed by atoms with Gasteiger partial charge in [-0.15, -0.1) is 0 Å². The van der Waals surface area contributed by atoms with E-state index in [2.05, 4.69) is 42.3 Å². The number of benzene rings is 5. The molecule has 0 fully saturated rings. The average molecular weight is 861 g/mol. The SMILES string of the molecule is Cc1ccc(NC(=O)CCc2ccc(F)cc2)cc1Nc1ncc(-c2ccncc2)o1.Cc1ccc(NC(=O)Cc2ccc(F)cc2F)cc1Nc1ncc(-c2ccc(C#N)cc2)o1. The van der Waals surface area contributed by atoms with E-state index in [1.165, 1.54) is 18.2 Å². The molecule has 0 aliphatic rings. The Kier molecular flexibility index (Phi) is 13.9. The van der Waals surface area contributed by atoms with E-state index in [0.29, 0.717) is 53.0 Å². The monoisotopic (exact) mass is 860 g/mol. The number of rotatable bonds is 13. The van der Waals surface area contributed by atoms with E-state index < -0.39 is 17.5 Å². The molecule has 0 saturated heterocycles. The van der Waals surface area contributed by atoms with E-state index in [1.54, 1.807) is 79.4 Å². The van der Waals surface area contributed by atoms with Crippen molar-refractivity contribution in [3.05, 3.63) is 185 Å². The first-order valence-electron chi connectivity index (χ1n) is 19.8. The number of hydrogen-bond donors (Lipinski definition) is 4. The van der Waals surface area contributed by atoms with E-state index in [9.17, 15) is 22.8 Å². The number of halogens is 3. The topological polar surface area (TPSA) is 171 Å². The van der Waals surface area contributed by atoms with Crippen LogP contribution in [-0.4, -0.2) is 26.8 Å². The van der Waals surface area contributed by atoms with Crippen LogP contribution in [0.3, 0.4) is 0 Å². The Morgan fingerprint density at radius 2 is 1.19 bits per heavy atom. The number of nitrogens with one attached hydrogen (secondary N) is 4. The molecular weight excluding hydrogens is 822 g/mol. The number of amides is 2. The van der Waals surface area contributed by atoms with Gasteiger partial charge in [0.25, 0.3) is 12.0 Å². The van der Waals surface area contributed by atoms with Gasteiger partial charge < -0.3 is 30.1 Å². The van der Waals surface area contributed by atoms with Gasteiger partial charge in [0.2, 0.25) is 11.8 Å². The minimum Gasteiger partial charge on any atom is -0.423 e. The normalized spacial score (nSPS) is 10.6. The summed E-state index contributed by atoms with van der Waals surface area (Å²) in [5, 5.41) is 20.8. The Labute approximate surface area is 365 Å². The van der Waals surface area contributed by atoms with Gasteiger partial charge >= 0.3 is 0 Å². The maximum atomic E-state index is 13.8. The van der Waals surface area contributed by atoms with Crippen LogP contribution in [-0.2, 0) is 22.4 Å². The van der Waals surface area contributed by atoms with Gasteiger partial charge in [0.1, 0.15) is 17.5 Å². The highest BCUT2D eigenvalue weighted by Gasteiger charge is 2.14. The van der Waals surface area contributed by atoms with Crippen LogP contribution in [0.5, 0.6) is 0 Å². The Balaban J connectivity index is 0.000000192. The largest absolute Gasteiger partial charge is 0.423 e. The highest BCUT2D eigenvalue weighted by atomic mass is 19.1. The molecule has 8 rings (SSSR count). The van der Waals surface area contributed by atoms with Crippen molar-refractivity contribution < 1.29 is 31.6 Å². The molecule has 0 saturated carbocycles. The van der Waals surface area contributed by atoms with Crippen molar-refractivity contribution in [2.45, 2.75) is 33.1 Å². The number of oxazole rings is 2. The summed E-state index contributed by atoms with van der Waals surface area (Å²) in [7, 11) is 0. The van der Waals surface area contributed by atoms with Gasteiger partial charge in [-0.2, -0.15) is 5.26 Å². The molecule has 2 amide bonds. The van der Waals surface area contributed by atoms with Gasteiger partial charge in [0.05, 0.1) is 30.4 Å². The van der Waals surface area contributed by atoms with E-state index in [-0.39, 0.29) is 29.7 Å². The zero-order valence-electron chi connectivity index (χ0n) is 34.5. The number of pyridine rings is 1. The number of carbonyl (C=O) groups is 2. The summed E-state index contributed by atoms with van der Waals surface area (Å²) in [5.74, 6) is -1.13. The maximum absolute atomic E-state index is 13.8. The molecule has 0 bridgehead atoms. The summed E-state index contributed by atoms with van der Waals surface area (Å²) in [6.07, 6.45) is 7.22. The molecule has 5 aromatic carbocycles. The summed E-state index contributed by atoms with van der Waals surface area (Å²) < 4.78 is 51.4. The van der Waals surface area contributed by atoms with E-state index in [0.717, 1.165) is 45.6 Å². The molecule has 15 heteroatoms. The molecule has 0 aliphatic carbocycles. The Morgan fingerprint density at radius 1 is 0.641 bits per heavy atom. The standard InChI is InChI=1S/C25H18F2N4O2.C24H21FN4O2/c1-15-2-9-20(30-24(32)10-18-7-8-19(26)11-21(18)27)12-22(15)31-25-29-14-23(33-25)17-5-3-16(13-28)4-6-17;1-16-2-8-20(28-23(30)9-5-17-3-6-19(25)7-4-17)14-21(16)29-24-27-15-22(31-24)18-10-12-26-13-11-18/h2-9,11-12,14H,10H2,1H3,(H,29,31)(H,30,32);2-4,6-8,10-15H,5,9H2,1H3,(H,27,29)(H,28,30). The van der Waals surface area contributed by atoms with Gasteiger partial charge in [-0.3, -0.25) is 14.6 Å². The molecule has 0 atom stereocenters. The third-order valence-corrected chi connectivity index (χ3v) is 9.72. The number of nitriles is 1. The molecule has 3 heterocycles. The first kappa shape index (κ1) is 43.6. The van der Waals surface area contributed by atoms with Gasteiger partial charge in [-0.1, -0.05) is 30.3 Å². The van der Waals surface area contributed by atoms with Crippen molar-refractivity contribution in [2.75, 3.05) is 21.3 Å². The van der Waals surface area contributed by atoms with Crippen LogP contribution in [0.2, 0.25) is 0 Å². The average Bonchev–Trinajstić information content (AvgIpc) is 3.98. The fraction of sp³-hybridized carbons (Fsp3) is 0.102. The minimum absolute atomic E-state index is 0.106. The third kappa shape index (κ3) is 11.9. The zero-order chi connectivity index (χ0) is 45.0. The molecule has 320 valence electrons. The van der Waals surface area contributed by atoms with Crippen molar-refractivity contribution in [3.8, 4) is 28.7 Å². The number of aromatic nitrogens is 3. The van der Waals surface area contributed by atoms with Crippen LogP contribution < -0.4 is 21.3 Å². The number of anilines is 6. The van der Waals surface area contributed by atoms with E-state index in [4.69, 9.17) is 14.1 Å². The lowest BCUT2D eigenvalue weighted by Gasteiger charge is -2.11. The van der Waals surface area contributed by atoms with E-state index >= 15 is 0 Å². The first-order valence-corrected chi connectivity index (χ1v) is 19.8. The van der Waals surface area contributed by atoms with Gasteiger partial charge in [0.15, 0.2) is 11.5 Å². The summed E-state index contributed by atoms with van der Waals surface area (Å²) in [5.41, 5.74) is 7.69. The Bertz CT molecular complexity index is 2930. The van der Waals surface area contributed by atoms with Crippen LogP contribution >= 0.6 is 0 Å². The Morgan fingerprint density at radius 3 is 1.75 bits per heavy atom. The predicted octanol–water partition coefficient (Wildman–Crippen LogP) is 11.2. The molecule has 0 aliphatic heterocycles. The maximum Gasteiger partial charge on any atom is 0.299 e. The molecule has 0 radical (unpaired) electrons. The second-order valence-electron chi connectivity index (χ2n) is 14.4. The van der Waals surface area contributed by atoms with Crippen LogP contribution in [0.25, 0.3) is 22.6 Å². The molecule has 12 nitrogen and oxygen atoms in total. The fourth-order valence-electron chi connectivity index (χ4n) is 6.23. The quantitative estimate of drug-likeness (QED) is 0.0874. The van der Waals surface area contributed by atoms with Gasteiger partial charge in [-0.05, 0) is 121 Å². The lowest BCUT2D eigenvalue weighted by Crippen LogP contribution is -2.15. The second kappa shape index (κ2) is 20.4. The summed E-state index contributed by atoms with van der Waals surface area (Å²) in [6, 6.07) is 33.4. The minimum atomic E-state index is -0.765. The predicted molar refractivity (Wildman–Crippen MR) is 237 cm³/mol. The lowest BCUT2D eigenvalue weighted by atomic mass is 10.1. The summed E-state index contributed by atoms with van der Waals surface area (Å²) in [4.78, 5) is 37.2. The second-order valence-corrected chi connectivity index (χ2v) is 14.4. The molecule has 3 aromatic heterocycles. The highest BCUT2D eigenvalue weighted by Crippen LogP contribution is 2.29. The van der Waals surface area contributed by atoms with E-state index in [1.807, 2.05) is 44.2 Å². The lowest BCUT2D eigenvalue weighted by molar-refractivity contribution is -0.116. The molecule has 64 heavy (non-hydrogen) atoms. The molecular formula is C49H39F3N8O4. The smallest absolute Gasteiger partial charge is 0.299 e. The highest BCUT2D eigenvalue weighted by molar-refractivity contribution is 5.93.